The summed E-state index contributed by atoms with van der Waals surface area (Å²) in [7, 11) is 0. The first-order valence-electron chi connectivity index (χ1n) is 10.3. The van der Waals surface area contributed by atoms with E-state index < -0.39 is 23.6 Å². The topological polar surface area (TPSA) is 65.0 Å². The maximum Gasteiger partial charge on any atom is 0.303 e. The Morgan fingerprint density at radius 3 is 2.12 bits per heavy atom. The molecule has 0 unspecified atom stereocenters. The number of hydrogen-bond acceptors (Lipinski definition) is 5. The Morgan fingerprint density at radius 1 is 1.03 bits per heavy atom. The maximum atomic E-state index is 11.1. The van der Waals surface area contributed by atoms with E-state index in [2.05, 4.69) is 13.8 Å². The average molecular weight is 504 g/mol. The van der Waals surface area contributed by atoms with Gasteiger partial charge in [0.2, 0.25) is 0 Å². The van der Waals surface area contributed by atoms with E-state index in [1.165, 1.54) is 6.92 Å². The molecule has 5 nitrogen and oxygen atoms in total. The summed E-state index contributed by atoms with van der Waals surface area (Å²) in [5, 5.41) is 10.4. The van der Waals surface area contributed by atoms with E-state index in [0.29, 0.717) is 28.0 Å². The van der Waals surface area contributed by atoms with Crippen molar-refractivity contribution in [3.63, 3.8) is 0 Å². The highest BCUT2D eigenvalue weighted by molar-refractivity contribution is 6.37. The molecule has 0 amide bonds. The molecule has 0 aliphatic carbocycles. The van der Waals surface area contributed by atoms with Gasteiger partial charge in [0, 0.05) is 12.3 Å². The number of hydrogen-bond donors (Lipinski definition) is 1. The van der Waals surface area contributed by atoms with Crippen molar-refractivity contribution in [2.45, 2.75) is 51.7 Å². The van der Waals surface area contributed by atoms with Crippen molar-refractivity contribution in [1.29, 1.82) is 0 Å². The minimum absolute atomic E-state index is 0.0411. The van der Waals surface area contributed by atoms with E-state index in [9.17, 15) is 9.90 Å². The molecule has 0 bridgehead atoms. The molecule has 2 aromatic carbocycles. The van der Waals surface area contributed by atoms with Gasteiger partial charge in [-0.3, -0.25) is 4.79 Å². The molecule has 0 saturated carbocycles. The first-order chi connectivity index (χ1) is 15.1. The van der Waals surface area contributed by atoms with Crippen LogP contribution in [0.3, 0.4) is 0 Å². The number of aliphatic hydroxyl groups is 1. The van der Waals surface area contributed by atoms with Crippen LogP contribution in [0.25, 0.3) is 0 Å². The number of carbonyl (C=O) groups excluding carboxylic acids is 1. The third-order valence-corrected chi connectivity index (χ3v) is 6.03. The zero-order valence-electron chi connectivity index (χ0n) is 18.7. The molecular weight excluding hydrogens is 475 g/mol. The van der Waals surface area contributed by atoms with Crippen molar-refractivity contribution in [2.24, 2.45) is 0 Å². The van der Waals surface area contributed by atoms with E-state index in [1.54, 1.807) is 0 Å². The predicted molar refractivity (Wildman–Crippen MR) is 129 cm³/mol. The number of rotatable bonds is 11. The normalized spacial score (nSPS) is 13.4. The van der Waals surface area contributed by atoms with Crippen LogP contribution >= 0.6 is 34.8 Å². The Bertz CT molecular complexity index is 876. The van der Waals surface area contributed by atoms with Crippen LogP contribution in [0.4, 0.5) is 0 Å². The summed E-state index contributed by atoms with van der Waals surface area (Å²) in [6.07, 6.45) is -0.440. The van der Waals surface area contributed by atoms with Crippen LogP contribution in [-0.2, 0) is 14.9 Å². The molecule has 176 valence electrons. The summed E-state index contributed by atoms with van der Waals surface area (Å²) < 4.78 is 16.4. The van der Waals surface area contributed by atoms with Gasteiger partial charge in [0.15, 0.2) is 5.75 Å². The monoisotopic (exact) mass is 502 g/mol. The van der Waals surface area contributed by atoms with Crippen molar-refractivity contribution in [3.05, 3.63) is 57.6 Å². The Hall–Kier alpha value is -1.66. The Kier molecular flexibility index (Phi) is 9.96. The van der Waals surface area contributed by atoms with E-state index in [-0.39, 0.29) is 19.1 Å². The van der Waals surface area contributed by atoms with Gasteiger partial charge in [-0.25, -0.2) is 0 Å². The summed E-state index contributed by atoms with van der Waals surface area (Å²) >= 11 is 18.8. The first-order valence-corrected chi connectivity index (χ1v) is 11.6. The van der Waals surface area contributed by atoms with Gasteiger partial charge >= 0.3 is 5.97 Å². The minimum atomic E-state index is -0.600. The van der Waals surface area contributed by atoms with Gasteiger partial charge in [-0.15, -0.1) is 11.6 Å². The van der Waals surface area contributed by atoms with Crippen molar-refractivity contribution in [2.75, 3.05) is 19.1 Å². The molecule has 2 atom stereocenters. The second-order valence-corrected chi connectivity index (χ2v) is 9.11. The molecule has 0 fully saturated rings. The van der Waals surface area contributed by atoms with Gasteiger partial charge in [-0.05, 0) is 41.8 Å². The third kappa shape index (κ3) is 7.17. The molecule has 0 radical (unpaired) electrons. The van der Waals surface area contributed by atoms with Crippen molar-refractivity contribution >= 4 is 40.8 Å². The lowest BCUT2D eigenvalue weighted by Crippen LogP contribution is -2.26. The van der Waals surface area contributed by atoms with Crippen LogP contribution in [-0.4, -0.2) is 42.4 Å². The second-order valence-electron chi connectivity index (χ2n) is 7.99. The fraction of sp³-hybridized carbons (Fsp3) is 0.458. The number of halogens is 3. The van der Waals surface area contributed by atoms with Crippen LogP contribution in [0.15, 0.2) is 36.4 Å². The summed E-state index contributed by atoms with van der Waals surface area (Å²) in [4.78, 5) is 11.1. The molecule has 32 heavy (non-hydrogen) atoms. The van der Waals surface area contributed by atoms with E-state index in [4.69, 9.17) is 49.0 Å². The molecule has 0 saturated heterocycles. The molecule has 8 heteroatoms. The molecule has 0 aliphatic rings. The first kappa shape index (κ1) is 26.6. The van der Waals surface area contributed by atoms with Crippen molar-refractivity contribution in [3.8, 4) is 11.5 Å². The van der Waals surface area contributed by atoms with Crippen molar-refractivity contribution < 1.29 is 24.1 Å². The number of alkyl halides is 1. The largest absolute Gasteiger partial charge is 0.491 e. The third-order valence-electron chi connectivity index (χ3n) is 5.13. The SMILES string of the molecule is CC[C@@H](O)COc1ccc(C(C)(C)c2cc(Cl)c(OC[C@@H](CCl)OC(C)=O)c(Cl)c2)cc1. The molecule has 0 heterocycles. The average Bonchev–Trinajstić information content (AvgIpc) is 2.75. The summed E-state index contributed by atoms with van der Waals surface area (Å²) in [5.41, 5.74) is 1.55. The number of esters is 1. The predicted octanol–water partition coefficient (Wildman–Crippen LogP) is 6.02. The lowest BCUT2D eigenvalue weighted by Gasteiger charge is -2.27. The number of ether oxygens (including phenoxy) is 3. The Balaban J connectivity index is 2.17. The molecule has 0 aromatic heterocycles. The fourth-order valence-corrected chi connectivity index (χ4v) is 3.77. The summed E-state index contributed by atoms with van der Waals surface area (Å²) in [5.74, 6) is 0.662. The molecular formula is C24H29Cl3O5. The Labute approximate surface area is 204 Å². The zero-order valence-corrected chi connectivity index (χ0v) is 20.9. The van der Waals surface area contributed by atoms with Gasteiger partial charge in [-0.2, -0.15) is 0 Å². The smallest absolute Gasteiger partial charge is 0.303 e. The molecule has 0 spiro atoms. The van der Waals surface area contributed by atoms with Crippen LogP contribution in [0.1, 0.15) is 45.2 Å². The molecule has 1 N–H and O–H groups in total. The van der Waals surface area contributed by atoms with Gasteiger partial charge in [0.25, 0.3) is 0 Å². The standard InChI is InChI=1S/C24H29Cl3O5/c1-5-18(29)13-30-19-8-6-16(7-9-19)24(3,4)17-10-21(26)23(22(27)11-17)31-14-20(12-25)32-15(2)28/h6-11,18,20,29H,5,12-14H2,1-4H3/t18-,20-/m1/s1. The van der Waals surface area contributed by atoms with Crippen LogP contribution in [0, 0.1) is 0 Å². The van der Waals surface area contributed by atoms with E-state index in [1.807, 2.05) is 43.3 Å². The number of aliphatic hydroxyl groups excluding tert-OH is 1. The van der Waals surface area contributed by atoms with Crippen LogP contribution in [0.5, 0.6) is 11.5 Å². The van der Waals surface area contributed by atoms with E-state index >= 15 is 0 Å². The molecule has 2 aromatic rings. The number of carbonyl (C=O) groups is 1. The van der Waals surface area contributed by atoms with E-state index in [0.717, 1.165) is 11.1 Å². The summed E-state index contributed by atoms with van der Waals surface area (Å²) in [6, 6.07) is 11.3. The highest BCUT2D eigenvalue weighted by Crippen LogP contribution is 2.40. The van der Waals surface area contributed by atoms with Gasteiger partial charge in [0.05, 0.1) is 22.0 Å². The Morgan fingerprint density at radius 2 is 1.62 bits per heavy atom. The number of benzene rings is 2. The lowest BCUT2D eigenvalue weighted by molar-refractivity contribution is -0.146. The molecule has 0 aliphatic heterocycles. The quantitative estimate of drug-likeness (QED) is 0.300. The maximum absolute atomic E-state index is 11.1. The fourth-order valence-electron chi connectivity index (χ4n) is 3.02. The molecule has 2 rings (SSSR count). The lowest BCUT2D eigenvalue weighted by atomic mass is 9.78. The zero-order chi connectivity index (χ0) is 23.9. The van der Waals surface area contributed by atoms with Crippen molar-refractivity contribution in [1.82, 2.24) is 0 Å². The highest BCUT2D eigenvalue weighted by Gasteiger charge is 2.26. The minimum Gasteiger partial charge on any atom is -0.491 e. The van der Waals surface area contributed by atoms with Crippen LogP contribution in [0.2, 0.25) is 10.0 Å². The highest BCUT2D eigenvalue weighted by atomic mass is 35.5. The van der Waals surface area contributed by atoms with Gasteiger partial charge < -0.3 is 19.3 Å². The summed E-state index contributed by atoms with van der Waals surface area (Å²) in [6.45, 7) is 7.65. The van der Waals surface area contributed by atoms with Gasteiger partial charge in [-0.1, -0.05) is 56.1 Å². The second kappa shape index (κ2) is 12.0. The van der Waals surface area contributed by atoms with Gasteiger partial charge in [0.1, 0.15) is 25.1 Å². The van der Waals surface area contributed by atoms with Crippen LogP contribution < -0.4 is 9.47 Å².